The van der Waals surface area contributed by atoms with E-state index in [2.05, 4.69) is 41.3 Å². The van der Waals surface area contributed by atoms with Crippen LogP contribution in [0.15, 0.2) is 42.5 Å². The predicted octanol–water partition coefficient (Wildman–Crippen LogP) is 3.50. The van der Waals surface area contributed by atoms with Crippen molar-refractivity contribution in [2.24, 2.45) is 5.92 Å². The zero-order valence-corrected chi connectivity index (χ0v) is 16.4. The summed E-state index contributed by atoms with van der Waals surface area (Å²) in [6, 6.07) is 14.7. The maximum absolute atomic E-state index is 13.2. The number of piperidine rings is 1. The highest BCUT2D eigenvalue weighted by atomic mass is 16.5. The van der Waals surface area contributed by atoms with Crippen LogP contribution in [-0.4, -0.2) is 37.6 Å². The summed E-state index contributed by atoms with van der Waals surface area (Å²) in [5.74, 6) is 1.32. The van der Waals surface area contributed by atoms with Gasteiger partial charge in [-0.1, -0.05) is 36.4 Å². The summed E-state index contributed by atoms with van der Waals surface area (Å²) >= 11 is 0. The molecule has 5 rings (SSSR count). The molecule has 0 N–H and O–H groups in total. The third kappa shape index (κ3) is 2.82. The SMILES string of the molecule is COc1cccc2c1C1(CCN(C(=O)C3Cc4ccccc4C3)CC1)OCC2. The molecule has 3 aliphatic rings. The first-order valence-electron chi connectivity index (χ1n) is 10.4. The quantitative estimate of drug-likeness (QED) is 0.804. The molecule has 0 saturated carbocycles. The highest BCUT2D eigenvalue weighted by Crippen LogP contribution is 2.46. The van der Waals surface area contributed by atoms with Crippen molar-refractivity contribution in [2.75, 3.05) is 26.8 Å². The number of rotatable bonds is 2. The largest absolute Gasteiger partial charge is 0.496 e. The second-order valence-electron chi connectivity index (χ2n) is 8.29. The highest BCUT2D eigenvalue weighted by molar-refractivity contribution is 5.80. The Morgan fingerprint density at radius 2 is 1.71 bits per heavy atom. The van der Waals surface area contributed by atoms with Crippen LogP contribution in [0, 0.1) is 5.92 Å². The number of fused-ring (bicyclic) bond motifs is 3. The van der Waals surface area contributed by atoms with Crippen LogP contribution in [-0.2, 0) is 34.4 Å². The van der Waals surface area contributed by atoms with Gasteiger partial charge in [0.15, 0.2) is 0 Å². The number of likely N-dealkylation sites (tertiary alicyclic amines) is 1. The molecule has 1 saturated heterocycles. The minimum atomic E-state index is -0.310. The number of carbonyl (C=O) groups is 1. The molecule has 1 aliphatic carbocycles. The van der Waals surface area contributed by atoms with Crippen molar-refractivity contribution in [2.45, 2.75) is 37.7 Å². The summed E-state index contributed by atoms with van der Waals surface area (Å²) in [6.45, 7) is 2.25. The number of amides is 1. The monoisotopic (exact) mass is 377 g/mol. The van der Waals surface area contributed by atoms with Crippen molar-refractivity contribution in [3.8, 4) is 5.75 Å². The Balaban J connectivity index is 1.32. The average Bonchev–Trinajstić information content (AvgIpc) is 3.18. The topological polar surface area (TPSA) is 38.8 Å². The molecule has 1 fully saturated rings. The van der Waals surface area contributed by atoms with Crippen LogP contribution < -0.4 is 4.74 Å². The molecule has 4 nitrogen and oxygen atoms in total. The van der Waals surface area contributed by atoms with Gasteiger partial charge in [-0.25, -0.2) is 0 Å². The zero-order chi connectivity index (χ0) is 19.1. The first-order valence-corrected chi connectivity index (χ1v) is 10.4. The lowest BCUT2D eigenvalue weighted by atomic mass is 9.78. The Morgan fingerprint density at radius 3 is 2.39 bits per heavy atom. The van der Waals surface area contributed by atoms with Gasteiger partial charge in [0.1, 0.15) is 11.4 Å². The molecule has 0 bridgehead atoms. The molecule has 146 valence electrons. The molecular formula is C24H27NO3. The molecule has 0 aromatic heterocycles. The van der Waals surface area contributed by atoms with Crippen LogP contribution in [0.2, 0.25) is 0 Å². The molecule has 1 amide bonds. The van der Waals surface area contributed by atoms with Gasteiger partial charge in [-0.05, 0) is 54.9 Å². The number of ether oxygens (including phenoxy) is 2. The van der Waals surface area contributed by atoms with Crippen LogP contribution in [0.3, 0.4) is 0 Å². The van der Waals surface area contributed by atoms with E-state index < -0.39 is 0 Å². The smallest absolute Gasteiger partial charge is 0.226 e. The van der Waals surface area contributed by atoms with E-state index in [4.69, 9.17) is 9.47 Å². The second kappa shape index (κ2) is 6.93. The molecule has 28 heavy (non-hydrogen) atoms. The Labute approximate surface area is 166 Å². The lowest BCUT2D eigenvalue weighted by molar-refractivity contribution is -0.144. The van der Waals surface area contributed by atoms with E-state index >= 15 is 0 Å². The van der Waals surface area contributed by atoms with E-state index in [0.29, 0.717) is 5.91 Å². The minimum Gasteiger partial charge on any atom is -0.496 e. The van der Waals surface area contributed by atoms with E-state index in [1.807, 2.05) is 6.07 Å². The number of nitrogens with zero attached hydrogens (tertiary/aromatic N) is 1. The molecule has 2 aromatic rings. The second-order valence-corrected chi connectivity index (χ2v) is 8.29. The van der Waals surface area contributed by atoms with Crippen LogP contribution in [0.25, 0.3) is 0 Å². The van der Waals surface area contributed by atoms with Gasteiger partial charge in [0.05, 0.1) is 13.7 Å². The van der Waals surface area contributed by atoms with E-state index in [1.165, 1.54) is 22.3 Å². The van der Waals surface area contributed by atoms with Crippen LogP contribution >= 0.6 is 0 Å². The molecule has 0 radical (unpaired) electrons. The fourth-order valence-corrected chi connectivity index (χ4v) is 5.37. The normalized spacial score (nSPS) is 20.7. The average molecular weight is 377 g/mol. The van der Waals surface area contributed by atoms with E-state index in [1.54, 1.807) is 7.11 Å². The van der Waals surface area contributed by atoms with E-state index in [0.717, 1.165) is 57.6 Å². The fraction of sp³-hybridized carbons (Fsp3) is 0.458. The fourth-order valence-electron chi connectivity index (χ4n) is 5.37. The molecule has 2 heterocycles. The zero-order valence-electron chi connectivity index (χ0n) is 16.4. The van der Waals surface area contributed by atoms with Crippen molar-refractivity contribution in [1.29, 1.82) is 0 Å². The number of benzene rings is 2. The lowest BCUT2D eigenvalue weighted by Gasteiger charge is -2.45. The summed E-state index contributed by atoms with van der Waals surface area (Å²) in [6.07, 6.45) is 4.36. The van der Waals surface area contributed by atoms with Crippen molar-refractivity contribution in [1.82, 2.24) is 4.90 Å². The van der Waals surface area contributed by atoms with Gasteiger partial charge in [0.25, 0.3) is 0 Å². The van der Waals surface area contributed by atoms with Crippen molar-refractivity contribution in [3.05, 3.63) is 64.7 Å². The molecule has 1 spiro atoms. The summed E-state index contributed by atoms with van der Waals surface area (Å²) in [7, 11) is 1.73. The van der Waals surface area contributed by atoms with Crippen molar-refractivity contribution in [3.63, 3.8) is 0 Å². The van der Waals surface area contributed by atoms with Gasteiger partial charge < -0.3 is 14.4 Å². The van der Waals surface area contributed by atoms with Gasteiger partial charge in [-0.3, -0.25) is 4.79 Å². The van der Waals surface area contributed by atoms with Crippen LogP contribution in [0.1, 0.15) is 35.1 Å². The third-order valence-electron chi connectivity index (χ3n) is 6.82. The van der Waals surface area contributed by atoms with Crippen molar-refractivity contribution < 1.29 is 14.3 Å². The summed E-state index contributed by atoms with van der Waals surface area (Å²) in [5, 5.41) is 0. The highest BCUT2D eigenvalue weighted by Gasteiger charge is 2.44. The van der Waals surface area contributed by atoms with E-state index in [9.17, 15) is 4.79 Å². The minimum absolute atomic E-state index is 0.0977. The number of carbonyl (C=O) groups excluding carboxylic acids is 1. The first kappa shape index (κ1) is 17.7. The standard InChI is InChI=1S/C24H27NO3/c1-27-21-8-4-7-17-9-14-28-24(22(17)21)10-12-25(13-11-24)23(26)20-15-18-5-2-3-6-19(18)16-20/h2-8,20H,9-16H2,1H3. The molecule has 4 heteroatoms. The first-order chi connectivity index (χ1) is 13.7. The Morgan fingerprint density at radius 1 is 1.04 bits per heavy atom. The molecule has 0 atom stereocenters. The number of hydrogen-bond donors (Lipinski definition) is 0. The van der Waals surface area contributed by atoms with Crippen LogP contribution in [0.5, 0.6) is 5.75 Å². The molecular weight excluding hydrogens is 350 g/mol. The maximum atomic E-state index is 13.2. The summed E-state index contributed by atoms with van der Waals surface area (Å²) in [5.41, 5.74) is 4.91. The molecule has 0 unspecified atom stereocenters. The lowest BCUT2D eigenvalue weighted by Crippen LogP contribution is -2.50. The van der Waals surface area contributed by atoms with Crippen molar-refractivity contribution >= 4 is 5.91 Å². The summed E-state index contributed by atoms with van der Waals surface area (Å²) in [4.78, 5) is 15.2. The third-order valence-corrected chi connectivity index (χ3v) is 6.82. The summed E-state index contributed by atoms with van der Waals surface area (Å²) < 4.78 is 12.0. The van der Waals surface area contributed by atoms with Crippen LogP contribution in [0.4, 0.5) is 0 Å². The Bertz CT molecular complexity index is 859. The maximum Gasteiger partial charge on any atom is 0.226 e. The van der Waals surface area contributed by atoms with Gasteiger partial charge >= 0.3 is 0 Å². The van der Waals surface area contributed by atoms with Gasteiger partial charge in [-0.15, -0.1) is 0 Å². The van der Waals surface area contributed by atoms with Gasteiger partial charge in [0.2, 0.25) is 5.91 Å². The molecule has 2 aromatic carbocycles. The Kier molecular flexibility index (Phi) is 4.39. The Hall–Kier alpha value is -2.33. The van der Waals surface area contributed by atoms with E-state index in [-0.39, 0.29) is 11.5 Å². The predicted molar refractivity (Wildman–Crippen MR) is 107 cm³/mol. The number of methoxy groups -OCH3 is 1. The number of hydrogen-bond acceptors (Lipinski definition) is 3. The van der Waals surface area contributed by atoms with Gasteiger partial charge in [-0.2, -0.15) is 0 Å². The van der Waals surface area contributed by atoms with Gasteiger partial charge in [0, 0.05) is 24.6 Å². The molecule has 2 aliphatic heterocycles.